The van der Waals surface area contributed by atoms with Crippen molar-refractivity contribution in [3.05, 3.63) is 11.6 Å². The summed E-state index contributed by atoms with van der Waals surface area (Å²) >= 11 is 10.2. The van der Waals surface area contributed by atoms with E-state index in [1.165, 1.54) is 5.54 Å². The molecule has 0 rings (SSSR count). The maximum Gasteiger partial charge on any atom is 0.0415 e. The Morgan fingerprint density at radius 3 is 2.20 bits per heavy atom. The lowest BCUT2D eigenvalue weighted by molar-refractivity contribution is 1.79. The SMILES string of the molecule is Cl/C=C/CCl. The first-order chi connectivity index (χ1) is 2.41. The molecular weight excluding hydrogens is 107 g/mol. The summed E-state index contributed by atoms with van der Waals surface area (Å²) in [6.07, 6.45) is 1.66. The van der Waals surface area contributed by atoms with E-state index in [0.717, 1.165) is 0 Å². The van der Waals surface area contributed by atoms with E-state index < -0.39 is 0 Å². The summed E-state index contributed by atoms with van der Waals surface area (Å²) in [5.74, 6) is 0.503. The van der Waals surface area contributed by atoms with Crippen LogP contribution in [-0.4, -0.2) is 5.88 Å². The standard InChI is InChI=1S/C3H4Cl2/c4-2-1-3-5/h1-2H,3H2/b2-1+. The normalized spacial score (nSPS) is 10.0. The van der Waals surface area contributed by atoms with Crippen LogP contribution in [0.3, 0.4) is 0 Å². The van der Waals surface area contributed by atoms with Crippen LogP contribution in [0, 0.1) is 0 Å². The maximum atomic E-state index is 5.13. The topological polar surface area (TPSA) is 0 Å². The summed E-state index contributed by atoms with van der Waals surface area (Å²) in [6, 6.07) is 0. The van der Waals surface area contributed by atoms with Crippen LogP contribution in [0.15, 0.2) is 11.6 Å². The molecule has 0 fully saturated rings. The van der Waals surface area contributed by atoms with E-state index in [4.69, 9.17) is 23.2 Å². The smallest absolute Gasteiger partial charge is 0.0415 e. The number of alkyl halides is 1. The minimum Gasteiger partial charge on any atom is -0.122 e. The summed E-state index contributed by atoms with van der Waals surface area (Å²) in [5, 5.41) is 0. The lowest BCUT2D eigenvalue weighted by Crippen LogP contribution is -1.48. The van der Waals surface area contributed by atoms with Gasteiger partial charge in [-0.1, -0.05) is 17.7 Å². The zero-order valence-electron chi connectivity index (χ0n) is 2.62. The first-order valence-electron chi connectivity index (χ1n) is 1.23. The molecule has 30 valence electrons. The molecule has 0 aliphatic rings. The molecule has 0 bridgehead atoms. The van der Waals surface area contributed by atoms with Crippen LogP contribution in [0.2, 0.25) is 0 Å². The summed E-state index contributed by atoms with van der Waals surface area (Å²) < 4.78 is 0. The van der Waals surface area contributed by atoms with Crippen LogP contribution in [0.5, 0.6) is 0 Å². The minimum absolute atomic E-state index is 0.503. The van der Waals surface area contributed by atoms with E-state index in [9.17, 15) is 0 Å². The minimum atomic E-state index is 0.503. The van der Waals surface area contributed by atoms with Gasteiger partial charge in [-0.2, -0.15) is 0 Å². The molecule has 0 radical (unpaired) electrons. The first kappa shape index (κ1) is 5.32. The van der Waals surface area contributed by atoms with E-state index in [2.05, 4.69) is 0 Å². The highest BCUT2D eigenvalue weighted by Gasteiger charge is 1.56. The van der Waals surface area contributed by atoms with Crippen LogP contribution in [0.1, 0.15) is 0 Å². The zero-order valence-corrected chi connectivity index (χ0v) is 4.13. The van der Waals surface area contributed by atoms with Crippen LogP contribution in [0.4, 0.5) is 0 Å². The van der Waals surface area contributed by atoms with Crippen molar-refractivity contribution in [3.8, 4) is 0 Å². The molecule has 0 amide bonds. The van der Waals surface area contributed by atoms with Gasteiger partial charge >= 0.3 is 0 Å². The molecule has 0 unspecified atom stereocenters. The Labute approximate surface area is 41.4 Å². The largest absolute Gasteiger partial charge is 0.122 e. The highest BCUT2D eigenvalue weighted by atomic mass is 35.5. The summed E-state index contributed by atoms with van der Waals surface area (Å²) in [4.78, 5) is 0. The van der Waals surface area contributed by atoms with Crippen molar-refractivity contribution in [2.24, 2.45) is 0 Å². The number of hydrogen-bond acceptors (Lipinski definition) is 0. The number of hydrogen-bond donors (Lipinski definition) is 0. The lowest BCUT2D eigenvalue weighted by atomic mass is 10.8. The highest BCUT2D eigenvalue weighted by Crippen LogP contribution is 1.79. The van der Waals surface area contributed by atoms with Crippen molar-refractivity contribution in [2.45, 2.75) is 0 Å². The predicted molar refractivity (Wildman–Crippen MR) is 25.7 cm³/mol. The van der Waals surface area contributed by atoms with Gasteiger partial charge in [-0.3, -0.25) is 0 Å². The predicted octanol–water partition coefficient (Wildman–Crippen LogP) is 1.98. The van der Waals surface area contributed by atoms with Gasteiger partial charge in [-0.25, -0.2) is 0 Å². The highest BCUT2D eigenvalue weighted by molar-refractivity contribution is 6.26. The van der Waals surface area contributed by atoms with Crippen molar-refractivity contribution >= 4 is 23.2 Å². The molecule has 0 nitrogen and oxygen atoms in total. The van der Waals surface area contributed by atoms with Crippen molar-refractivity contribution in [1.82, 2.24) is 0 Å². The van der Waals surface area contributed by atoms with Crippen LogP contribution in [-0.2, 0) is 0 Å². The Bertz CT molecular complexity index is 31.9. The average Bonchev–Trinajstić information content (AvgIpc) is 1.41. The van der Waals surface area contributed by atoms with Gasteiger partial charge in [0.15, 0.2) is 0 Å². The Kier molecular flexibility index (Phi) is 4.60. The summed E-state index contributed by atoms with van der Waals surface area (Å²) in [6.45, 7) is 0. The monoisotopic (exact) mass is 110 g/mol. The molecule has 0 aromatic rings. The van der Waals surface area contributed by atoms with E-state index in [1.54, 1.807) is 6.08 Å². The van der Waals surface area contributed by atoms with Crippen LogP contribution < -0.4 is 0 Å². The van der Waals surface area contributed by atoms with Crippen LogP contribution in [0.25, 0.3) is 0 Å². The van der Waals surface area contributed by atoms with Gasteiger partial charge in [0, 0.05) is 11.4 Å². The van der Waals surface area contributed by atoms with Gasteiger partial charge in [0.05, 0.1) is 0 Å². The molecule has 5 heavy (non-hydrogen) atoms. The molecule has 2 heteroatoms. The Morgan fingerprint density at radius 2 is 2.20 bits per heavy atom. The van der Waals surface area contributed by atoms with E-state index in [-0.39, 0.29) is 0 Å². The van der Waals surface area contributed by atoms with Gasteiger partial charge < -0.3 is 0 Å². The third-order valence-electron chi connectivity index (χ3n) is 0.178. The molecule has 0 aliphatic carbocycles. The van der Waals surface area contributed by atoms with E-state index >= 15 is 0 Å². The number of allylic oxidation sites excluding steroid dienone is 1. The molecule has 0 aromatic carbocycles. The zero-order chi connectivity index (χ0) is 4.12. The number of rotatable bonds is 1. The molecule has 0 aromatic heterocycles. The average molecular weight is 111 g/mol. The quantitative estimate of drug-likeness (QED) is 0.454. The summed E-state index contributed by atoms with van der Waals surface area (Å²) in [5.41, 5.74) is 1.40. The summed E-state index contributed by atoms with van der Waals surface area (Å²) in [7, 11) is 0. The van der Waals surface area contributed by atoms with Gasteiger partial charge in [0.1, 0.15) is 0 Å². The fraction of sp³-hybridized carbons (Fsp3) is 0.333. The van der Waals surface area contributed by atoms with Gasteiger partial charge in [0.2, 0.25) is 0 Å². The molecule has 0 saturated heterocycles. The second-order valence-electron chi connectivity index (χ2n) is 0.516. The van der Waals surface area contributed by atoms with E-state index in [1.807, 2.05) is 0 Å². The maximum absolute atomic E-state index is 5.13. The molecule has 0 aliphatic heterocycles. The molecule has 0 spiro atoms. The molecule has 0 heterocycles. The van der Waals surface area contributed by atoms with Gasteiger partial charge in [-0.15, -0.1) is 11.6 Å². The van der Waals surface area contributed by atoms with Gasteiger partial charge in [-0.05, 0) is 0 Å². The third-order valence-corrected chi connectivity index (χ3v) is 0.535. The molecular formula is C3H4Cl2. The Morgan fingerprint density at radius 1 is 1.60 bits per heavy atom. The second kappa shape index (κ2) is 4.32. The van der Waals surface area contributed by atoms with Crippen LogP contribution >= 0.6 is 23.2 Å². The lowest BCUT2D eigenvalue weighted by Gasteiger charge is -1.61. The Balaban J connectivity index is 2.62. The van der Waals surface area contributed by atoms with Gasteiger partial charge in [0.25, 0.3) is 0 Å². The second-order valence-corrected chi connectivity index (χ2v) is 1.08. The fourth-order valence-electron chi connectivity index (χ4n) is 0.0337. The van der Waals surface area contributed by atoms with E-state index in [0.29, 0.717) is 5.88 Å². The number of halogens is 2. The van der Waals surface area contributed by atoms with Crippen molar-refractivity contribution in [1.29, 1.82) is 0 Å². The Hall–Kier alpha value is 0.320. The van der Waals surface area contributed by atoms with Crippen molar-refractivity contribution < 1.29 is 0 Å². The third kappa shape index (κ3) is 4.32. The van der Waals surface area contributed by atoms with Crippen molar-refractivity contribution in [2.75, 3.05) is 5.88 Å². The molecule has 0 saturated carbocycles. The molecule has 0 atom stereocenters. The first-order valence-corrected chi connectivity index (χ1v) is 2.20. The fourth-order valence-corrected chi connectivity index (χ4v) is 0.303. The molecule has 0 N–H and O–H groups in total. The van der Waals surface area contributed by atoms with Crippen molar-refractivity contribution in [3.63, 3.8) is 0 Å².